The number of halogens is 1. The average Bonchev–Trinajstić information content (AvgIpc) is 2.93. The van der Waals surface area contributed by atoms with Crippen molar-refractivity contribution in [3.8, 4) is 0 Å². The number of nitrogens with one attached hydrogen (secondary N) is 1. The highest BCUT2D eigenvalue weighted by Gasteiger charge is 2.16. The minimum absolute atomic E-state index is 0.215. The fourth-order valence-corrected chi connectivity index (χ4v) is 2.15. The highest BCUT2D eigenvalue weighted by molar-refractivity contribution is 5.92. The molecule has 1 aliphatic carbocycles. The number of benzene rings is 1. The summed E-state index contributed by atoms with van der Waals surface area (Å²) in [6.45, 7) is 1.28. The molecule has 0 radical (unpaired) electrons. The third-order valence-electron chi connectivity index (χ3n) is 3.36. The Labute approximate surface area is 123 Å². The maximum atomic E-state index is 13.3. The van der Waals surface area contributed by atoms with E-state index in [0.29, 0.717) is 17.7 Å². The summed E-state index contributed by atoms with van der Waals surface area (Å²) in [6.07, 6.45) is 6.26. The van der Waals surface area contributed by atoms with E-state index in [0.717, 1.165) is 12.8 Å². The smallest absolute Gasteiger partial charge is 0.306 e. The van der Waals surface area contributed by atoms with Gasteiger partial charge < -0.3 is 10.1 Å². The van der Waals surface area contributed by atoms with E-state index < -0.39 is 17.7 Å². The molecule has 4 nitrogen and oxygen atoms in total. The van der Waals surface area contributed by atoms with Crippen LogP contribution in [0.5, 0.6) is 0 Å². The predicted molar refractivity (Wildman–Crippen MR) is 77.2 cm³/mol. The Balaban J connectivity index is 1.75. The van der Waals surface area contributed by atoms with Gasteiger partial charge in [-0.3, -0.25) is 9.59 Å². The number of esters is 1. The first kappa shape index (κ1) is 15.2. The van der Waals surface area contributed by atoms with E-state index in [1.807, 2.05) is 12.2 Å². The zero-order valence-corrected chi connectivity index (χ0v) is 11.9. The molecule has 0 saturated heterocycles. The number of ether oxygens (including phenoxy) is 1. The Hall–Kier alpha value is -2.17. The van der Waals surface area contributed by atoms with Crippen LogP contribution in [0.15, 0.2) is 30.4 Å². The van der Waals surface area contributed by atoms with Crippen LogP contribution in [-0.4, -0.2) is 18.5 Å². The van der Waals surface area contributed by atoms with Gasteiger partial charge in [-0.25, -0.2) is 4.39 Å². The van der Waals surface area contributed by atoms with E-state index in [1.54, 1.807) is 19.1 Å². The first-order chi connectivity index (χ1) is 10.0. The van der Waals surface area contributed by atoms with Crippen molar-refractivity contribution in [3.05, 3.63) is 41.7 Å². The molecule has 0 aromatic heterocycles. The van der Waals surface area contributed by atoms with E-state index in [1.165, 1.54) is 6.07 Å². The molecule has 0 fully saturated rings. The summed E-state index contributed by atoms with van der Waals surface area (Å²) in [6, 6.07) is 4.41. The number of carbonyl (C=O) groups excluding carboxylic acids is 2. The van der Waals surface area contributed by atoms with Gasteiger partial charge in [0.05, 0.1) is 6.42 Å². The SMILES string of the molecule is Cc1ccc(NC(=O)COC(=O)C[C@H]2C=CCC2)cc1F. The van der Waals surface area contributed by atoms with Gasteiger partial charge in [-0.1, -0.05) is 18.2 Å². The van der Waals surface area contributed by atoms with Gasteiger partial charge in [0, 0.05) is 5.69 Å². The number of aryl methyl sites for hydroxylation is 1. The molecule has 1 N–H and O–H groups in total. The van der Waals surface area contributed by atoms with Crippen molar-refractivity contribution in [2.45, 2.75) is 26.2 Å². The number of rotatable bonds is 5. The topological polar surface area (TPSA) is 55.4 Å². The Morgan fingerprint density at radius 3 is 2.90 bits per heavy atom. The quantitative estimate of drug-likeness (QED) is 0.670. The molecule has 2 rings (SSSR count). The standard InChI is InChI=1S/C16H18FNO3/c1-11-6-7-13(9-14(11)17)18-15(19)10-21-16(20)8-12-4-2-3-5-12/h2,4,6-7,9,12H,3,5,8,10H2,1H3,(H,18,19)/t12-/m0/s1. The van der Waals surface area contributed by atoms with Crippen LogP contribution in [0.4, 0.5) is 10.1 Å². The molecule has 0 unspecified atom stereocenters. The van der Waals surface area contributed by atoms with Crippen molar-refractivity contribution in [2.75, 3.05) is 11.9 Å². The van der Waals surface area contributed by atoms with Crippen LogP contribution in [0, 0.1) is 18.7 Å². The lowest BCUT2D eigenvalue weighted by Gasteiger charge is -2.09. The molecule has 1 aromatic carbocycles. The fourth-order valence-electron chi connectivity index (χ4n) is 2.15. The minimum Gasteiger partial charge on any atom is -0.456 e. The Bertz CT molecular complexity index is 569. The molecule has 0 heterocycles. The highest BCUT2D eigenvalue weighted by Crippen LogP contribution is 2.20. The van der Waals surface area contributed by atoms with Gasteiger partial charge in [0.2, 0.25) is 0 Å². The summed E-state index contributed by atoms with van der Waals surface area (Å²) in [5, 5.41) is 2.49. The zero-order valence-electron chi connectivity index (χ0n) is 11.9. The largest absolute Gasteiger partial charge is 0.456 e. The molecule has 1 amide bonds. The van der Waals surface area contributed by atoms with E-state index in [4.69, 9.17) is 4.74 Å². The molecular formula is C16H18FNO3. The predicted octanol–water partition coefficient (Wildman–Crippen LogP) is 2.97. The second-order valence-corrected chi connectivity index (χ2v) is 5.14. The van der Waals surface area contributed by atoms with Crippen LogP contribution in [0.1, 0.15) is 24.8 Å². The summed E-state index contributed by atoms with van der Waals surface area (Å²) in [5.41, 5.74) is 0.849. The summed E-state index contributed by atoms with van der Waals surface area (Å²) >= 11 is 0. The summed E-state index contributed by atoms with van der Waals surface area (Å²) in [5.74, 6) is -1.05. The normalized spacial score (nSPS) is 16.8. The molecule has 0 bridgehead atoms. The van der Waals surface area contributed by atoms with Crippen molar-refractivity contribution < 1.29 is 18.7 Å². The maximum absolute atomic E-state index is 13.3. The van der Waals surface area contributed by atoms with Crippen LogP contribution in [0.3, 0.4) is 0 Å². The molecule has 0 aliphatic heterocycles. The lowest BCUT2D eigenvalue weighted by atomic mass is 10.1. The number of allylic oxidation sites excluding steroid dienone is 2. The van der Waals surface area contributed by atoms with Crippen LogP contribution in [0.2, 0.25) is 0 Å². The molecule has 112 valence electrons. The Morgan fingerprint density at radius 1 is 1.43 bits per heavy atom. The van der Waals surface area contributed by atoms with Gasteiger partial charge in [-0.15, -0.1) is 0 Å². The summed E-state index contributed by atoms with van der Waals surface area (Å²) < 4.78 is 18.2. The van der Waals surface area contributed by atoms with Gasteiger partial charge in [0.1, 0.15) is 5.82 Å². The van der Waals surface area contributed by atoms with E-state index in [-0.39, 0.29) is 12.5 Å². The van der Waals surface area contributed by atoms with Crippen LogP contribution < -0.4 is 5.32 Å². The second kappa shape index (κ2) is 7.02. The molecule has 0 saturated carbocycles. The molecule has 1 aliphatic rings. The number of amides is 1. The Morgan fingerprint density at radius 2 is 2.24 bits per heavy atom. The van der Waals surface area contributed by atoms with Crippen molar-refractivity contribution in [1.82, 2.24) is 0 Å². The minimum atomic E-state index is -0.478. The van der Waals surface area contributed by atoms with Crippen molar-refractivity contribution in [1.29, 1.82) is 0 Å². The van der Waals surface area contributed by atoms with Gasteiger partial charge in [-0.05, 0) is 43.4 Å². The zero-order chi connectivity index (χ0) is 15.2. The van der Waals surface area contributed by atoms with E-state index in [9.17, 15) is 14.0 Å². The molecular weight excluding hydrogens is 273 g/mol. The molecule has 1 aromatic rings. The van der Waals surface area contributed by atoms with Gasteiger partial charge in [0.15, 0.2) is 6.61 Å². The van der Waals surface area contributed by atoms with E-state index >= 15 is 0 Å². The van der Waals surface area contributed by atoms with Crippen LogP contribution in [0.25, 0.3) is 0 Å². The first-order valence-electron chi connectivity index (χ1n) is 6.93. The van der Waals surface area contributed by atoms with Gasteiger partial charge in [0.25, 0.3) is 5.91 Å². The lowest BCUT2D eigenvalue weighted by molar-refractivity contribution is -0.147. The third kappa shape index (κ3) is 4.70. The first-order valence-corrected chi connectivity index (χ1v) is 6.93. The van der Waals surface area contributed by atoms with Crippen molar-refractivity contribution >= 4 is 17.6 Å². The third-order valence-corrected chi connectivity index (χ3v) is 3.36. The fraction of sp³-hybridized carbons (Fsp3) is 0.375. The number of hydrogen-bond donors (Lipinski definition) is 1. The second-order valence-electron chi connectivity index (χ2n) is 5.14. The highest BCUT2D eigenvalue weighted by atomic mass is 19.1. The molecule has 5 heteroatoms. The number of carbonyl (C=O) groups is 2. The lowest BCUT2D eigenvalue weighted by Crippen LogP contribution is -2.21. The van der Waals surface area contributed by atoms with Crippen molar-refractivity contribution in [2.24, 2.45) is 5.92 Å². The monoisotopic (exact) mass is 291 g/mol. The molecule has 21 heavy (non-hydrogen) atoms. The van der Waals surface area contributed by atoms with Crippen LogP contribution >= 0.6 is 0 Å². The number of anilines is 1. The Kier molecular flexibility index (Phi) is 5.09. The maximum Gasteiger partial charge on any atom is 0.306 e. The summed E-state index contributed by atoms with van der Waals surface area (Å²) in [7, 11) is 0. The van der Waals surface area contributed by atoms with Gasteiger partial charge >= 0.3 is 5.97 Å². The van der Waals surface area contributed by atoms with E-state index in [2.05, 4.69) is 5.32 Å². The van der Waals surface area contributed by atoms with Crippen LogP contribution in [-0.2, 0) is 14.3 Å². The van der Waals surface area contributed by atoms with Gasteiger partial charge in [-0.2, -0.15) is 0 Å². The molecule has 0 spiro atoms. The molecule has 1 atom stereocenters. The number of hydrogen-bond acceptors (Lipinski definition) is 3. The average molecular weight is 291 g/mol. The summed E-state index contributed by atoms with van der Waals surface area (Å²) in [4.78, 5) is 23.2. The van der Waals surface area contributed by atoms with Crippen molar-refractivity contribution in [3.63, 3.8) is 0 Å².